The highest BCUT2D eigenvalue weighted by Gasteiger charge is 2.74. The second-order valence-corrected chi connectivity index (χ2v) is 7.87. The Balaban J connectivity index is 1.70. The molecule has 2 bridgehead atoms. The van der Waals surface area contributed by atoms with Gasteiger partial charge < -0.3 is 4.74 Å². The molecule has 1 heterocycles. The van der Waals surface area contributed by atoms with E-state index in [0.717, 1.165) is 16.0 Å². The maximum Gasteiger partial charge on any atom is 0.284 e. The summed E-state index contributed by atoms with van der Waals surface area (Å²) < 4.78 is 5.36. The van der Waals surface area contributed by atoms with Crippen molar-refractivity contribution in [3.8, 4) is 0 Å². The highest BCUT2D eigenvalue weighted by Crippen LogP contribution is 2.64. The Kier molecular flexibility index (Phi) is 4.11. The number of carbonyl (C=O) groups is 2. The summed E-state index contributed by atoms with van der Waals surface area (Å²) in [6.07, 6.45) is 1.59. The van der Waals surface area contributed by atoms with Gasteiger partial charge in [0.2, 0.25) is 11.8 Å². The number of benzene rings is 2. The van der Waals surface area contributed by atoms with Crippen LogP contribution < -0.4 is 0 Å². The van der Waals surface area contributed by atoms with Gasteiger partial charge >= 0.3 is 0 Å². The molecule has 0 spiro atoms. The van der Waals surface area contributed by atoms with Gasteiger partial charge in [-0.05, 0) is 11.1 Å². The number of hydrogen-bond donors (Lipinski definition) is 0. The van der Waals surface area contributed by atoms with Gasteiger partial charge in [0, 0.05) is 22.0 Å². The Labute approximate surface area is 173 Å². The first-order valence-corrected chi connectivity index (χ1v) is 9.92. The Morgan fingerprint density at radius 3 is 2.23 bits per heavy atom. The molecular weight excluding hydrogens is 384 g/mol. The van der Waals surface area contributed by atoms with E-state index in [9.17, 15) is 19.7 Å². The second kappa shape index (κ2) is 6.60. The molecule has 0 saturated carbocycles. The van der Waals surface area contributed by atoms with E-state index < -0.39 is 23.3 Å². The van der Waals surface area contributed by atoms with Crippen molar-refractivity contribution in [2.24, 2.45) is 11.8 Å². The lowest BCUT2D eigenvalue weighted by Gasteiger charge is -2.48. The van der Waals surface area contributed by atoms with E-state index in [4.69, 9.17) is 4.74 Å². The van der Waals surface area contributed by atoms with Gasteiger partial charge in [0.05, 0.1) is 25.7 Å². The third-order valence-corrected chi connectivity index (χ3v) is 6.65. The number of nitrogens with zero attached hydrogens (tertiary/aromatic N) is 2. The zero-order valence-corrected chi connectivity index (χ0v) is 16.2. The van der Waals surface area contributed by atoms with Gasteiger partial charge in [0.15, 0.2) is 0 Å². The molecule has 30 heavy (non-hydrogen) atoms. The molecule has 1 fully saturated rings. The summed E-state index contributed by atoms with van der Waals surface area (Å²) in [6.45, 7) is 4.12. The molecule has 1 saturated heterocycles. The molecule has 7 heteroatoms. The first-order chi connectivity index (χ1) is 14.5. The normalized spacial score (nSPS) is 28.1. The van der Waals surface area contributed by atoms with Crippen LogP contribution in [-0.4, -0.2) is 41.4 Å². The van der Waals surface area contributed by atoms with Crippen molar-refractivity contribution < 1.29 is 19.2 Å². The van der Waals surface area contributed by atoms with Crippen molar-refractivity contribution in [2.45, 2.75) is 11.5 Å². The van der Waals surface area contributed by atoms with E-state index in [1.165, 1.54) is 0 Å². The van der Waals surface area contributed by atoms with E-state index in [-0.39, 0.29) is 29.9 Å². The first kappa shape index (κ1) is 18.7. The average molecular weight is 404 g/mol. The number of amides is 2. The lowest BCUT2D eigenvalue weighted by molar-refractivity contribution is -0.578. The lowest BCUT2D eigenvalue weighted by atomic mass is 9.51. The summed E-state index contributed by atoms with van der Waals surface area (Å²) in [6, 6.07) is 14.3. The smallest absolute Gasteiger partial charge is 0.284 e. The largest absolute Gasteiger partial charge is 0.376 e. The van der Waals surface area contributed by atoms with Crippen LogP contribution in [0.25, 0.3) is 0 Å². The van der Waals surface area contributed by atoms with Crippen LogP contribution in [0.1, 0.15) is 28.2 Å². The second-order valence-electron chi connectivity index (χ2n) is 7.87. The molecule has 2 aromatic carbocycles. The summed E-state index contributed by atoms with van der Waals surface area (Å²) >= 11 is 0. The van der Waals surface area contributed by atoms with Gasteiger partial charge in [-0.25, -0.2) is 0 Å². The minimum Gasteiger partial charge on any atom is -0.376 e. The number of hydrogen-bond acceptors (Lipinski definition) is 5. The van der Waals surface area contributed by atoms with Gasteiger partial charge in [-0.15, -0.1) is 6.58 Å². The summed E-state index contributed by atoms with van der Waals surface area (Å²) in [7, 11) is 0. The van der Waals surface area contributed by atoms with Crippen LogP contribution in [-0.2, 0) is 19.9 Å². The third-order valence-electron chi connectivity index (χ3n) is 6.65. The Bertz CT molecular complexity index is 1050. The molecule has 0 unspecified atom stereocenters. The fourth-order valence-corrected chi connectivity index (χ4v) is 5.64. The minimum atomic E-state index is -1.77. The maximum atomic E-state index is 13.5. The van der Waals surface area contributed by atoms with E-state index in [2.05, 4.69) is 6.58 Å². The van der Waals surface area contributed by atoms with Crippen molar-refractivity contribution in [3.05, 3.63) is 93.6 Å². The van der Waals surface area contributed by atoms with Crippen LogP contribution in [0.4, 0.5) is 0 Å². The van der Waals surface area contributed by atoms with Gasteiger partial charge in [0.1, 0.15) is 5.92 Å². The molecule has 4 aliphatic rings. The zero-order valence-electron chi connectivity index (χ0n) is 16.2. The Morgan fingerprint density at radius 1 is 1.07 bits per heavy atom. The molecule has 2 amide bonds. The van der Waals surface area contributed by atoms with E-state index in [1.807, 2.05) is 24.3 Å². The molecule has 2 atom stereocenters. The van der Waals surface area contributed by atoms with Crippen molar-refractivity contribution in [1.29, 1.82) is 0 Å². The number of rotatable bonds is 6. The molecular formula is C23H20N2O5. The quantitative estimate of drug-likeness (QED) is 0.243. The number of nitro groups is 1. The summed E-state index contributed by atoms with van der Waals surface area (Å²) in [4.78, 5) is 40.4. The van der Waals surface area contributed by atoms with E-state index in [0.29, 0.717) is 17.7 Å². The summed E-state index contributed by atoms with van der Waals surface area (Å²) in [5.41, 5.74) is 0.799. The van der Waals surface area contributed by atoms with Crippen LogP contribution in [0.15, 0.2) is 61.2 Å². The number of carbonyl (C=O) groups excluding carboxylic acids is 2. The summed E-state index contributed by atoms with van der Waals surface area (Å²) in [5, 5.41) is 12.7. The minimum absolute atomic E-state index is 0.0751. The highest BCUT2D eigenvalue weighted by molar-refractivity contribution is 6.08. The Hall–Kier alpha value is -3.32. The predicted molar refractivity (Wildman–Crippen MR) is 107 cm³/mol. The van der Waals surface area contributed by atoms with E-state index >= 15 is 0 Å². The SMILES string of the molecule is C=CCOCCN1C(=O)[C@H]2C3c4ccccc4C([N+](=O)[O-])(c4ccccc43)[C@H]2C1=O. The van der Waals surface area contributed by atoms with Gasteiger partial charge in [-0.3, -0.25) is 24.6 Å². The van der Waals surface area contributed by atoms with Gasteiger partial charge in [0.25, 0.3) is 5.54 Å². The summed E-state index contributed by atoms with van der Waals surface area (Å²) in [5.74, 6) is -3.06. The van der Waals surface area contributed by atoms with Crippen molar-refractivity contribution in [2.75, 3.05) is 19.8 Å². The third kappa shape index (κ3) is 2.13. The topological polar surface area (TPSA) is 89.8 Å². The fraction of sp³-hybridized carbons (Fsp3) is 0.304. The molecule has 7 nitrogen and oxygen atoms in total. The van der Waals surface area contributed by atoms with Gasteiger partial charge in [-0.2, -0.15) is 0 Å². The molecule has 3 aliphatic carbocycles. The van der Waals surface area contributed by atoms with Crippen LogP contribution in [0, 0.1) is 22.0 Å². The Morgan fingerprint density at radius 2 is 1.67 bits per heavy atom. The van der Waals surface area contributed by atoms with E-state index in [1.54, 1.807) is 30.3 Å². The predicted octanol–water partition coefficient (Wildman–Crippen LogP) is 2.47. The lowest BCUT2D eigenvalue weighted by Crippen LogP contribution is -2.57. The zero-order chi connectivity index (χ0) is 21.0. The van der Waals surface area contributed by atoms with Crippen molar-refractivity contribution in [1.82, 2.24) is 4.90 Å². The molecule has 0 N–H and O–H groups in total. The standard InChI is InChI=1S/C23H20N2O5/c1-2-12-30-13-11-24-21(26)19-18-14-7-3-5-9-16(14)23(25(28)29,20(19)22(24)27)17-10-6-4-8-15(17)18/h2-10,18-20H,1,11-13H2/t18?,19-,20+,23?/m0/s1. The molecule has 1 aliphatic heterocycles. The van der Waals surface area contributed by atoms with Gasteiger partial charge in [-0.1, -0.05) is 54.6 Å². The number of likely N-dealkylation sites (tertiary alicyclic amines) is 1. The molecule has 6 rings (SSSR count). The molecule has 2 aromatic rings. The molecule has 0 aromatic heterocycles. The van der Waals surface area contributed by atoms with Crippen molar-refractivity contribution >= 4 is 11.8 Å². The molecule has 0 radical (unpaired) electrons. The van der Waals surface area contributed by atoms with Crippen molar-refractivity contribution in [3.63, 3.8) is 0 Å². The number of ether oxygens (including phenoxy) is 1. The maximum absolute atomic E-state index is 13.5. The highest BCUT2D eigenvalue weighted by atomic mass is 16.6. The number of imide groups is 1. The first-order valence-electron chi connectivity index (χ1n) is 9.92. The fourth-order valence-electron chi connectivity index (χ4n) is 5.64. The van der Waals surface area contributed by atoms with Crippen LogP contribution >= 0.6 is 0 Å². The molecule has 152 valence electrons. The van der Waals surface area contributed by atoms with Crippen LogP contribution in [0.3, 0.4) is 0 Å². The average Bonchev–Trinajstić information content (AvgIpc) is 3.02. The van der Waals surface area contributed by atoms with Crippen LogP contribution in [0.5, 0.6) is 0 Å². The van der Waals surface area contributed by atoms with Crippen LogP contribution in [0.2, 0.25) is 0 Å². The monoisotopic (exact) mass is 404 g/mol.